The van der Waals surface area contributed by atoms with Crippen LogP contribution in [0.15, 0.2) is 91.0 Å². The minimum atomic E-state index is -0.773. The van der Waals surface area contributed by atoms with Crippen LogP contribution in [-0.4, -0.2) is 40.7 Å². The van der Waals surface area contributed by atoms with Gasteiger partial charge >= 0.3 is 0 Å². The zero-order valence-corrected chi connectivity index (χ0v) is 23.5. The molecular weight excluding hydrogens is 498 g/mol. The Kier molecular flexibility index (Phi) is 7.44. The number of nitrogens with zero attached hydrogens (tertiary/aromatic N) is 2. The van der Waals surface area contributed by atoms with E-state index >= 15 is 0 Å². The first-order valence-corrected chi connectivity index (χ1v) is 13.7. The Balaban J connectivity index is 1.53. The molecule has 1 N–H and O–H groups in total. The van der Waals surface area contributed by atoms with Crippen LogP contribution in [0.25, 0.3) is 10.8 Å². The number of rotatable bonds is 8. The van der Waals surface area contributed by atoms with Gasteiger partial charge < -0.3 is 10.2 Å². The van der Waals surface area contributed by atoms with Crippen molar-refractivity contribution < 1.29 is 14.4 Å². The summed E-state index contributed by atoms with van der Waals surface area (Å²) >= 11 is 0. The fourth-order valence-electron chi connectivity index (χ4n) is 5.38. The Hall–Kier alpha value is -4.45. The molecule has 1 heterocycles. The van der Waals surface area contributed by atoms with Crippen molar-refractivity contribution in [1.29, 1.82) is 0 Å². The molecule has 0 spiro atoms. The van der Waals surface area contributed by atoms with Crippen molar-refractivity contribution >= 4 is 34.2 Å². The van der Waals surface area contributed by atoms with Crippen molar-refractivity contribution in [2.24, 2.45) is 0 Å². The normalized spacial score (nSPS) is 13.4. The second kappa shape index (κ2) is 11.0. The summed E-state index contributed by atoms with van der Waals surface area (Å²) in [6, 6.07) is 28.3. The Morgan fingerprint density at radius 2 is 1.55 bits per heavy atom. The molecule has 0 radical (unpaired) electrons. The first-order chi connectivity index (χ1) is 19.1. The number of hydrogen-bond acceptors (Lipinski definition) is 3. The second-order valence-electron chi connectivity index (χ2n) is 11.5. The highest BCUT2D eigenvalue weighted by Crippen LogP contribution is 2.37. The van der Waals surface area contributed by atoms with Gasteiger partial charge in [0.2, 0.25) is 11.8 Å². The first-order valence-electron chi connectivity index (χ1n) is 13.7. The van der Waals surface area contributed by atoms with Gasteiger partial charge in [0.1, 0.15) is 12.6 Å². The van der Waals surface area contributed by atoms with Gasteiger partial charge in [-0.2, -0.15) is 0 Å². The van der Waals surface area contributed by atoms with Crippen molar-refractivity contribution in [3.63, 3.8) is 0 Å². The van der Waals surface area contributed by atoms with E-state index in [9.17, 15) is 14.4 Å². The summed E-state index contributed by atoms with van der Waals surface area (Å²) in [5.74, 6) is -0.713. The molecule has 4 aromatic carbocycles. The number of aryl methyl sites for hydroxylation is 1. The molecule has 0 bridgehead atoms. The van der Waals surface area contributed by atoms with Crippen LogP contribution in [0.1, 0.15) is 47.8 Å². The van der Waals surface area contributed by atoms with E-state index in [1.807, 2.05) is 113 Å². The summed E-state index contributed by atoms with van der Waals surface area (Å²) in [6.45, 7) is 7.87. The molecule has 0 saturated carbocycles. The molecule has 204 valence electrons. The van der Waals surface area contributed by atoms with E-state index < -0.39 is 11.6 Å². The highest BCUT2D eigenvalue weighted by molar-refractivity contribution is 6.26. The maximum atomic E-state index is 14.3. The van der Waals surface area contributed by atoms with E-state index in [1.165, 1.54) is 0 Å². The van der Waals surface area contributed by atoms with E-state index in [0.29, 0.717) is 12.0 Å². The molecule has 0 aromatic heterocycles. The average Bonchev–Trinajstić information content (AvgIpc) is 3.18. The van der Waals surface area contributed by atoms with Gasteiger partial charge in [-0.15, -0.1) is 0 Å². The molecule has 5 rings (SSSR count). The van der Waals surface area contributed by atoms with Gasteiger partial charge in [0, 0.05) is 29.5 Å². The van der Waals surface area contributed by atoms with Gasteiger partial charge in [-0.25, -0.2) is 0 Å². The molecular formula is C34H35N3O3. The molecule has 3 amide bonds. The lowest BCUT2D eigenvalue weighted by Crippen LogP contribution is -2.56. The van der Waals surface area contributed by atoms with Crippen molar-refractivity contribution in [2.75, 3.05) is 11.4 Å². The molecule has 1 aliphatic heterocycles. The summed E-state index contributed by atoms with van der Waals surface area (Å²) in [5, 5.41) is 4.91. The number of nitrogens with one attached hydrogen (secondary N) is 1. The monoisotopic (exact) mass is 533 g/mol. The third-order valence-electron chi connectivity index (χ3n) is 7.15. The van der Waals surface area contributed by atoms with Crippen LogP contribution in [0, 0.1) is 6.92 Å². The minimum absolute atomic E-state index is 0.160. The van der Waals surface area contributed by atoms with Gasteiger partial charge in [-0.1, -0.05) is 84.4 Å². The number of anilines is 1. The second-order valence-corrected chi connectivity index (χ2v) is 11.5. The predicted molar refractivity (Wildman–Crippen MR) is 159 cm³/mol. The predicted octanol–water partition coefficient (Wildman–Crippen LogP) is 5.66. The summed E-state index contributed by atoms with van der Waals surface area (Å²) < 4.78 is 0. The third kappa shape index (κ3) is 5.76. The van der Waals surface area contributed by atoms with Crippen LogP contribution >= 0.6 is 0 Å². The zero-order valence-electron chi connectivity index (χ0n) is 23.5. The Morgan fingerprint density at radius 3 is 2.25 bits per heavy atom. The van der Waals surface area contributed by atoms with Crippen molar-refractivity contribution in [1.82, 2.24) is 10.2 Å². The van der Waals surface area contributed by atoms with Crippen LogP contribution in [0.3, 0.4) is 0 Å². The number of carbonyl (C=O) groups is 3. The Labute approximate surface area is 235 Å². The topological polar surface area (TPSA) is 69.7 Å². The van der Waals surface area contributed by atoms with Crippen LogP contribution < -0.4 is 10.2 Å². The van der Waals surface area contributed by atoms with Crippen LogP contribution in [0.5, 0.6) is 0 Å². The molecule has 4 aromatic rings. The smallest absolute Gasteiger partial charge is 0.259 e. The van der Waals surface area contributed by atoms with Crippen LogP contribution in [0.2, 0.25) is 0 Å². The molecule has 0 saturated heterocycles. The van der Waals surface area contributed by atoms with E-state index in [4.69, 9.17) is 0 Å². The number of amides is 3. The molecule has 40 heavy (non-hydrogen) atoms. The molecule has 0 unspecified atom stereocenters. The van der Waals surface area contributed by atoms with E-state index in [0.717, 1.165) is 33.2 Å². The quantitative estimate of drug-likeness (QED) is 0.318. The van der Waals surface area contributed by atoms with Gasteiger partial charge in [0.25, 0.3) is 5.91 Å². The average molecular weight is 534 g/mol. The van der Waals surface area contributed by atoms with Gasteiger partial charge in [0.05, 0.1) is 5.69 Å². The minimum Gasteiger partial charge on any atom is -0.350 e. The Bertz CT molecular complexity index is 1570. The molecule has 0 fully saturated rings. The Morgan fingerprint density at radius 1 is 0.875 bits per heavy atom. The van der Waals surface area contributed by atoms with Crippen LogP contribution in [-0.2, 0) is 22.6 Å². The molecule has 6 heteroatoms. The fraction of sp³-hybridized carbons (Fsp3) is 0.265. The lowest BCUT2D eigenvalue weighted by Gasteiger charge is -2.35. The lowest BCUT2D eigenvalue weighted by atomic mass is 10.0. The maximum absolute atomic E-state index is 14.3. The van der Waals surface area contributed by atoms with Gasteiger partial charge in [-0.3, -0.25) is 19.3 Å². The van der Waals surface area contributed by atoms with Gasteiger partial charge in [-0.05, 0) is 56.3 Å². The zero-order chi connectivity index (χ0) is 28.4. The van der Waals surface area contributed by atoms with Crippen molar-refractivity contribution in [2.45, 2.75) is 52.2 Å². The summed E-state index contributed by atoms with van der Waals surface area (Å²) in [7, 11) is 0. The third-order valence-corrected chi connectivity index (χ3v) is 7.15. The standard InChI is InChI=1S/C34H35N3O3/c1-23-11-8-14-25(19-23)21-36(29(32(39)35-34(2,3)4)20-24-12-6-5-7-13-24)30(38)22-37-28-18-10-16-26-15-9-17-27(31(26)28)33(37)40/h5-19,29H,20-22H2,1-4H3,(H,35,39)/t29-/m1/s1. The van der Waals surface area contributed by atoms with E-state index in [-0.39, 0.29) is 30.8 Å². The highest BCUT2D eigenvalue weighted by atomic mass is 16.2. The van der Waals surface area contributed by atoms with Gasteiger partial charge in [0.15, 0.2) is 0 Å². The molecule has 0 aliphatic carbocycles. The fourth-order valence-corrected chi connectivity index (χ4v) is 5.38. The maximum Gasteiger partial charge on any atom is 0.259 e. The number of benzene rings is 4. The SMILES string of the molecule is Cc1cccc(CN(C(=O)CN2C(=O)c3cccc4cccc2c34)[C@H](Cc2ccccc2)C(=O)NC(C)(C)C)c1. The number of carbonyl (C=O) groups excluding carboxylic acids is 3. The molecule has 1 aliphatic rings. The number of hydrogen-bond donors (Lipinski definition) is 1. The molecule has 1 atom stereocenters. The van der Waals surface area contributed by atoms with Crippen molar-refractivity contribution in [3.05, 3.63) is 113 Å². The summed E-state index contributed by atoms with van der Waals surface area (Å²) in [6.07, 6.45) is 0.351. The lowest BCUT2D eigenvalue weighted by molar-refractivity contribution is -0.140. The van der Waals surface area contributed by atoms with E-state index in [2.05, 4.69) is 5.32 Å². The van der Waals surface area contributed by atoms with E-state index in [1.54, 1.807) is 15.9 Å². The summed E-state index contributed by atoms with van der Waals surface area (Å²) in [4.78, 5) is 44.8. The summed E-state index contributed by atoms with van der Waals surface area (Å²) in [5.41, 5.74) is 3.78. The van der Waals surface area contributed by atoms with Crippen LogP contribution in [0.4, 0.5) is 5.69 Å². The van der Waals surface area contributed by atoms with Crippen molar-refractivity contribution in [3.8, 4) is 0 Å². The highest BCUT2D eigenvalue weighted by Gasteiger charge is 2.36. The largest absolute Gasteiger partial charge is 0.350 e. The first kappa shape index (κ1) is 27.1. The molecule has 6 nitrogen and oxygen atoms in total.